The van der Waals surface area contributed by atoms with Crippen LogP contribution in [0.15, 0.2) is 24.3 Å². The smallest absolute Gasteiger partial charge is 0.162 e. The number of Topliss-reactive ketones (excluding diaryl/α,β-unsaturated/α-hetero) is 1. The summed E-state index contributed by atoms with van der Waals surface area (Å²) in [5, 5.41) is 6.98. The molecule has 3 N–H and O–H groups in total. The van der Waals surface area contributed by atoms with Gasteiger partial charge in [-0.25, -0.2) is 0 Å². The lowest BCUT2D eigenvalue weighted by Crippen LogP contribution is -2.19. The molecule has 4 nitrogen and oxygen atoms in total. The molecule has 1 rings (SSSR count). The zero-order valence-electron chi connectivity index (χ0n) is 8.62. The summed E-state index contributed by atoms with van der Waals surface area (Å²) in [4.78, 5) is 11.3. The van der Waals surface area contributed by atoms with E-state index < -0.39 is 0 Å². The summed E-state index contributed by atoms with van der Waals surface area (Å²) in [6.45, 7) is 1.89. The molecule has 0 heterocycles. The normalized spacial score (nSPS) is 9.67. The maximum Gasteiger partial charge on any atom is 0.162 e. The van der Waals surface area contributed by atoms with Crippen LogP contribution in [0, 0.1) is 5.41 Å². The quantitative estimate of drug-likeness (QED) is 0.436. The fourth-order valence-corrected chi connectivity index (χ4v) is 1.10. The Balaban J connectivity index is 2.64. The van der Waals surface area contributed by atoms with Gasteiger partial charge in [0.05, 0.1) is 0 Å². The second-order valence-electron chi connectivity index (χ2n) is 3.12. The molecule has 0 radical (unpaired) electrons. The summed E-state index contributed by atoms with van der Waals surface area (Å²) in [5.41, 5.74) is 5.82. The Morgan fingerprint density at radius 1 is 1.40 bits per heavy atom. The maximum absolute atomic E-state index is 11.3. The molecule has 0 saturated heterocycles. The highest BCUT2D eigenvalue weighted by molar-refractivity contribution is 5.95. The molecule has 15 heavy (non-hydrogen) atoms. The lowest BCUT2D eigenvalue weighted by atomic mass is 10.1. The van der Waals surface area contributed by atoms with Crippen molar-refractivity contribution < 1.29 is 9.53 Å². The van der Waals surface area contributed by atoms with Crippen LogP contribution in [-0.4, -0.2) is 18.2 Å². The van der Waals surface area contributed by atoms with E-state index in [1.807, 2.05) is 6.92 Å². The van der Waals surface area contributed by atoms with E-state index in [0.29, 0.717) is 17.7 Å². The van der Waals surface area contributed by atoms with Gasteiger partial charge in [-0.05, 0) is 24.3 Å². The van der Waals surface area contributed by atoms with Crippen LogP contribution >= 0.6 is 0 Å². The van der Waals surface area contributed by atoms with Gasteiger partial charge < -0.3 is 10.5 Å². The third-order valence-electron chi connectivity index (χ3n) is 1.89. The lowest BCUT2D eigenvalue weighted by Gasteiger charge is -2.05. The van der Waals surface area contributed by atoms with Crippen molar-refractivity contribution in [3.05, 3.63) is 29.8 Å². The first-order valence-electron chi connectivity index (χ1n) is 4.72. The average molecular weight is 206 g/mol. The third-order valence-corrected chi connectivity index (χ3v) is 1.89. The van der Waals surface area contributed by atoms with Gasteiger partial charge in [-0.1, -0.05) is 6.92 Å². The molecule has 0 unspecified atom stereocenters. The molecule has 0 bridgehead atoms. The van der Waals surface area contributed by atoms with E-state index in [2.05, 4.69) is 0 Å². The fourth-order valence-electron chi connectivity index (χ4n) is 1.10. The van der Waals surface area contributed by atoms with Gasteiger partial charge in [0.2, 0.25) is 0 Å². The van der Waals surface area contributed by atoms with E-state index >= 15 is 0 Å². The van der Waals surface area contributed by atoms with Crippen LogP contribution in [0.1, 0.15) is 23.7 Å². The largest absolute Gasteiger partial charge is 0.486 e. The zero-order valence-corrected chi connectivity index (χ0v) is 8.62. The summed E-state index contributed by atoms with van der Waals surface area (Å²) in [7, 11) is 0. The van der Waals surface area contributed by atoms with Gasteiger partial charge in [-0.15, -0.1) is 0 Å². The summed E-state index contributed by atoms with van der Waals surface area (Å²) in [5.74, 6) is 0.690. The number of carbonyl (C=O) groups excluding carboxylic acids is 1. The van der Waals surface area contributed by atoms with Gasteiger partial charge in [0.15, 0.2) is 5.78 Å². The predicted octanol–water partition coefficient (Wildman–Crippen LogP) is 1.59. The topological polar surface area (TPSA) is 76.2 Å². The van der Waals surface area contributed by atoms with Gasteiger partial charge in [0, 0.05) is 12.0 Å². The summed E-state index contributed by atoms with van der Waals surface area (Å²) < 4.78 is 5.17. The van der Waals surface area contributed by atoms with E-state index in [1.54, 1.807) is 24.3 Å². The van der Waals surface area contributed by atoms with Gasteiger partial charge in [-0.2, -0.15) is 0 Å². The Morgan fingerprint density at radius 3 is 2.47 bits per heavy atom. The minimum atomic E-state index is -0.0243. The number of ketones is 1. The molecule has 1 aromatic carbocycles. The van der Waals surface area contributed by atoms with Crippen molar-refractivity contribution in [2.24, 2.45) is 5.73 Å². The number of hydrogen-bond acceptors (Lipinski definition) is 3. The van der Waals surface area contributed by atoms with E-state index in [4.69, 9.17) is 15.9 Å². The highest BCUT2D eigenvalue weighted by atomic mass is 16.5. The Labute approximate surface area is 88.6 Å². The molecule has 0 saturated carbocycles. The van der Waals surface area contributed by atoms with E-state index in [-0.39, 0.29) is 18.2 Å². The minimum absolute atomic E-state index is 0.0243. The summed E-state index contributed by atoms with van der Waals surface area (Å²) in [6.07, 6.45) is 0.494. The van der Waals surface area contributed by atoms with Crippen LogP contribution < -0.4 is 10.5 Å². The second kappa shape index (κ2) is 5.14. The molecule has 0 aliphatic rings. The molecule has 0 aliphatic heterocycles. The molecular formula is C11H14N2O2. The SMILES string of the molecule is CCC(=O)c1ccc(OCC(=N)N)cc1. The number of ether oxygens (including phenoxy) is 1. The standard InChI is InChI=1S/C11H14N2O2/c1-2-10(14)8-3-5-9(6-4-8)15-7-11(12)13/h3-6H,2,7H2,1H3,(H3,12,13). The van der Waals surface area contributed by atoms with Crippen molar-refractivity contribution in [1.82, 2.24) is 0 Å². The number of nitrogens with one attached hydrogen (secondary N) is 1. The van der Waals surface area contributed by atoms with Crippen LogP contribution in [0.5, 0.6) is 5.75 Å². The first-order valence-corrected chi connectivity index (χ1v) is 4.72. The monoisotopic (exact) mass is 206 g/mol. The van der Waals surface area contributed by atoms with Crippen molar-refractivity contribution in [3.8, 4) is 5.75 Å². The number of nitrogens with two attached hydrogens (primary N) is 1. The highest BCUT2D eigenvalue weighted by Gasteiger charge is 2.02. The molecular weight excluding hydrogens is 192 g/mol. The van der Waals surface area contributed by atoms with Crippen molar-refractivity contribution in [2.75, 3.05) is 6.61 Å². The van der Waals surface area contributed by atoms with E-state index in [9.17, 15) is 4.79 Å². The molecule has 0 amide bonds. The number of benzene rings is 1. The van der Waals surface area contributed by atoms with Crippen LogP contribution in [0.2, 0.25) is 0 Å². The molecule has 0 fully saturated rings. The maximum atomic E-state index is 11.3. The number of rotatable bonds is 5. The van der Waals surface area contributed by atoms with Crippen molar-refractivity contribution >= 4 is 11.6 Å². The predicted molar refractivity (Wildman–Crippen MR) is 58.5 cm³/mol. The number of carbonyl (C=O) groups is 1. The zero-order chi connectivity index (χ0) is 11.3. The van der Waals surface area contributed by atoms with Crippen molar-refractivity contribution in [1.29, 1.82) is 5.41 Å². The third kappa shape index (κ3) is 3.42. The Kier molecular flexibility index (Phi) is 3.85. The molecule has 0 aliphatic carbocycles. The molecule has 4 heteroatoms. The van der Waals surface area contributed by atoms with Crippen molar-refractivity contribution in [3.63, 3.8) is 0 Å². The van der Waals surface area contributed by atoms with Gasteiger partial charge in [0.25, 0.3) is 0 Å². The second-order valence-corrected chi connectivity index (χ2v) is 3.12. The molecule has 1 aromatic rings. The summed E-state index contributed by atoms with van der Waals surface area (Å²) in [6, 6.07) is 6.82. The van der Waals surface area contributed by atoms with Crippen molar-refractivity contribution in [2.45, 2.75) is 13.3 Å². The fraction of sp³-hybridized carbons (Fsp3) is 0.273. The molecule has 0 atom stereocenters. The average Bonchev–Trinajstić information content (AvgIpc) is 2.26. The molecule has 80 valence electrons. The Bertz CT molecular complexity index is 357. The van der Waals surface area contributed by atoms with Crippen LogP contribution in [0.3, 0.4) is 0 Å². The highest BCUT2D eigenvalue weighted by Crippen LogP contribution is 2.13. The van der Waals surface area contributed by atoms with Gasteiger partial charge in [-0.3, -0.25) is 10.2 Å². The first-order chi connectivity index (χ1) is 7.13. The van der Waals surface area contributed by atoms with Crippen LogP contribution in [0.25, 0.3) is 0 Å². The van der Waals surface area contributed by atoms with E-state index in [1.165, 1.54) is 0 Å². The minimum Gasteiger partial charge on any atom is -0.486 e. The van der Waals surface area contributed by atoms with E-state index in [0.717, 1.165) is 0 Å². The Morgan fingerprint density at radius 2 is 2.00 bits per heavy atom. The summed E-state index contributed by atoms with van der Waals surface area (Å²) >= 11 is 0. The van der Waals surface area contributed by atoms with Crippen LogP contribution in [-0.2, 0) is 0 Å². The Hall–Kier alpha value is -1.84. The van der Waals surface area contributed by atoms with Gasteiger partial charge >= 0.3 is 0 Å². The molecule has 0 spiro atoms. The number of amidine groups is 1. The number of hydrogen-bond donors (Lipinski definition) is 2. The molecule has 0 aromatic heterocycles. The van der Waals surface area contributed by atoms with Gasteiger partial charge in [0.1, 0.15) is 18.2 Å². The van der Waals surface area contributed by atoms with Crippen LogP contribution in [0.4, 0.5) is 0 Å². The lowest BCUT2D eigenvalue weighted by molar-refractivity contribution is 0.0988. The first kappa shape index (κ1) is 11.2.